The monoisotopic (exact) mass is 433 g/mol. The molecule has 0 bridgehead atoms. The minimum atomic E-state index is 0.363. The summed E-state index contributed by atoms with van der Waals surface area (Å²) in [5, 5.41) is 3.51. The predicted molar refractivity (Wildman–Crippen MR) is 94.4 cm³/mol. The molecule has 19 heavy (non-hydrogen) atoms. The number of likely N-dealkylation sites (N-methyl/N-ethyl adjacent to an activating group) is 1. The highest BCUT2D eigenvalue weighted by Crippen LogP contribution is 2.32. The molecule has 0 radical (unpaired) electrons. The van der Waals surface area contributed by atoms with Gasteiger partial charge in [0, 0.05) is 8.04 Å². The van der Waals surface area contributed by atoms with Gasteiger partial charge in [0.1, 0.15) is 0 Å². The Labute approximate surface area is 138 Å². The first kappa shape index (κ1) is 15.5. The predicted octanol–water partition coefficient (Wildman–Crippen LogP) is 5.59. The molecule has 0 saturated carbocycles. The molecule has 0 amide bonds. The molecule has 1 unspecified atom stereocenters. The van der Waals surface area contributed by atoms with Crippen LogP contribution in [-0.2, 0) is 0 Å². The first-order valence-corrected chi connectivity index (χ1v) is 8.90. The van der Waals surface area contributed by atoms with Crippen LogP contribution in [-0.4, -0.2) is 7.05 Å². The van der Waals surface area contributed by atoms with Crippen molar-refractivity contribution in [2.24, 2.45) is 0 Å². The summed E-state index contributed by atoms with van der Waals surface area (Å²) < 4.78 is 2.50. The topological polar surface area (TPSA) is 12.0 Å². The number of nitrogens with one attached hydrogen (secondary N) is 1. The number of benzene rings is 1. The van der Waals surface area contributed by atoms with Crippen molar-refractivity contribution in [2.75, 3.05) is 7.05 Å². The highest BCUT2D eigenvalue weighted by atomic mass is 127. The average Bonchev–Trinajstić information content (AvgIpc) is 2.36. The Morgan fingerprint density at radius 1 is 1.21 bits per heavy atom. The van der Waals surface area contributed by atoms with E-state index in [1.165, 1.54) is 47.7 Å². The zero-order valence-corrected chi connectivity index (χ0v) is 15.1. The SMILES string of the molecule is CNC(/C1=C/CCCCCC1)c1cc(Br)ccc1I. The fourth-order valence-corrected chi connectivity index (χ4v) is 3.78. The molecule has 0 spiro atoms. The van der Waals surface area contributed by atoms with Gasteiger partial charge in [0.25, 0.3) is 0 Å². The van der Waals surface area contributed by atoms with Crippen LogP contribution in [0.5, 0.6) is 0 Å². The molecule has 1 aromatic carbocycles. The van der Waals surface area contributed by atoms with Crippen molar-refractivity contribution in [3.63, 3.8) is 0 Å². The smallest absolute Gasteiger partial charge is 0.0544 e. The molecule has 2 rings (SSSR count). The third-order valence-corrected chi connectivity index (χ3v) is 5.23. The molecule has 1 N–H and O–H groups in total. The van der Waals surface area contributed by atoms with Gasteiger partial charge < -0.3 is 5.32 Å². The standard InChI is InChI=1S/C16H21BrIN/c1-19-16(12-7-5-3-2-4-6-8-12)14-11-13(17)9-10-15(14)18/h7,9-11,16,19H,2-6,8H2,1H3/b12-7+. The van der Waals surface area contributed by atoms with E-state index >= 15 is 0 Å². The Bertz CT molecular complexity index is 456. The zero-order chi connectivity index (χ0) is 13.7. The van der Waals surface area contributed by atoms with Crippen molar-refractivity contribution in [1.29, 1.82) is 0 Å². The lowest BCUT2D eigenvalue weighted by molar-refractivity contribution is 0.573. The van der Waals surface area contributed by atoms with E-state index in [1.807, 2.05) is 0 Å². The van der Waals surface area contributed by atoms with Gasteiger partial charge in [-0.25, -0.2) is 0 Å². The molecular formula is C16H21BrIN. The van der Waals surface area contributed by atoms with Crippen LogP contribution in [0, 0.1) is 3.57 Å². The van der Waals surface area contributed by atoms with Gasteiger partial charge in [-0.15, -0.1) is 0 Å². The minimum Gasteiger partial charge on any atom is -0.310 e. The second kappa shape index (κ2) is 7.79. The summed E-state index contributed by atoms with van der Waals surface area (Å²) in [4.78, 5) is 0. The molecule has 0 aliphatic heterocycles. The van der Waals surface area contributed by atoms with Gasteiger partial charge in [0.05, 0.1) is 6.04 Å². The number of rotatable bonds is 3. The molecule has 0 heterocycles. The number of halogens is 2. The molecule has 0 aromatic heterocycles. The summed E-state index contributed by atoms with van der Waals surface area (Å²) in [6.07, 6.45) is 10.4. The lowest BCUT2D eigenvalue weighted by Gasteiger charge is -2.23. The fraction of sp³-hybridized carbons (Fsp3) is 0.500. The molecule has 0 fully saturated rings. The Hall–Kier alpha value is 0.130. The second-order valence-corrected chi connectivity index (χ2v) is 7.20. The molecule has 104 valence electrons. The van der Waals surface area contributed by atoms with E-state index in [1.54, 1.807) is 5.57 Å². The molecule has 3 heteroatoms. The van der Waals surface area contributed by atoms with Gasteiger partial charge in [0.2, 0.25) is 0 Å². The van der Waals surface area contributed by atoms with Crippen LogP contribution in [0.1, 0.15) is 50.1 Å². The third kappa shape index (κ3) is 4.30. The summed E-state index contributed by atoms with van der Waals surface area (Å²) in [5.74, 6) is 0. The Kier molecular flexibility index (Phi) is 6.36. The Morgan fingerprint density at radius 2 is 2.00 bits per heavy atom. The maximum Gasteiger partial charge on any atom is 0.0544 e. The van der Waals surface area contributed by atoms with E-state index < -0.39 is 0 Å². The van der Waals surface area contributed by atoms with E-state index in [2.05, 4.69) is 75.2 Å². The lowest BCUT2D eigenvalue weighted by atomic mass is 9.91. The number of allylic oxidation sites excluding steroid dienone is 1. The van der Waals surface area contributed by atoms with Crippen LogP contribution in [0.25, 0.3) is 0 Å². The largest absolute Gasteiger partial charge is 0.310 e. The Morgan fingerprint density at radius 3 is 2.79 bits per heavy atom. The van der Waals surface area contributed by atoms with Crippen LogP contribution in [0.3, 0.4) is 0 Å². The van der Waals surface area contributed by atoms with Gasteiger partial charge in [-0.05, 0) is 79.1 Å². The van der Waals surface area contributed by atoms with E-state index in [0.717, 1.165) is 4.47 Å². The van der Waals surface area contributed by atoms with Gasteiger partial charge in [-0.2, -0.15) is 0 Å². The van der Waals surface area contributed by atoms with Gasteiger partial charge >= 0.3 is 0 Å². The third-order valence-electron chi connectivity index (χ3n) is 3.75. The normalized spacial score (nSPS) is 21.1. The summed E-state index contributed by atoms with van der Waals surface area (Å²) in [5.41, 5.74) is 2.96. The van der Waals surface area contributed by atoms with E-state index in [4.69, 9.17) is 0 Å². The number of hydrogen-bond acceptors (Lipinski definition) is 1. The van der Waals surface area contributed by atoms with Crippen LogP contribution < -0.4 is 5.32 Å². The Balaban J connectivity index is 2.29. The van der Waals surface area contributed by atoms with Crippen molar-refractivity contribution in [3.8, 4) is 0 Å². The van der Waals surface area contributed by atoms with Crippen molar-refractivity contribution in [2.45, 2.75) is 44.6 Å². The summed E-state index contributed by atoms with van der Waals surface area (Å²) in [6, 6.07) is 6.92. The van der Waals surface area contributed by atoms with Crippen LogP contribution >= 0.6 is 38.5 Å². The highest BCUT2D eigenvalue weighted by Gasteiger charge is 2.18. The van der Waals surface area contributed by atoms with Crippen molar-refractivity contribution < 1.29 is 0 Å². The summed E-state index contributed by atoms with van der Waals surface area (Å²) in [7, 11) is 2.07. The minimum absolute atomic E-state index is 0.363. The maximum absolute atomic E-state index is 3.60. The first-order valence-electron chi connectivity index (χ1n) is 7.03. The molecule has 1 nitrogen and oxygen atoms in total. The van der Waals surface area contributed by atoms with Crippen molar-refractivity contribution in [1.82, 2.24) is 5.32 Å². The molecule has 0 saturated heterocycles. The van der Waals surface area contributed by atoms with Gasteiger partial charge in [-0.1, -0.05) is 40.4 Å². The average molecular weight is 434 g/mol. The lowest BCUT2D eigenvalue weighted by Crippen LogP contribution is -2.20. The quantitative estimate of drug-likeness (QED) is 0.483. The van der Waals surface area contributed by atoms with Crippen molar-refractivity contribution in [3.05, 3.63) is 43.5 Å². The fourth-order valence-electron chi connectivity index (χ4n) is 2.76. The molecule has 1 aromatic rings. The summed E-state index contributed by atoms with van der Waals surface area (Å²) in [6.45, 7) is 0. The van der Waals surface area contributed by atoms with Crippen LogP contribution in [0.2, 0.25) is 0 Å². The molecule has 1 aliphatic rings. The van der Waals surface area contributed by atoms with E-state index in [9.17, 15) is 0 Å². The van der Waals surface area contributed by atoms with Crippen LogP contribution in [0.15, 0.2) is 34.3 Å². The summed E-state index contributed by atoms with van der Waals surface area (Å²) >= 11 is 6.04. The zero-order valence-electron chi connectivity index (χ0n) is 11.4. The van der Waals surface area contributed by atoms with Gasteiger partial charge in [0.15, 0.2) is 0 Å². The number of hydrogen-bond donors (Lipinski definition) is 1. The first-order chi connectivity index (χ1) is 9.22. The second-order valence-electron chi connectivity index (χ2n) is 5.12. The molecular weight excluding hydrogens is 413 g/mol. The highest BCUT2D eigenvalue weighted by molar-refractivity contribution is 14.1. The maximum atomic E-state index is 3.60. The van der Waals surface area contributed by atoms with Crippen LogP contribution in [0.4, 0.5) is 0 Å². The van der Waals surface area contributed by atoms with E-state index in [-0.39, 0.29) is 0 Å². The van der Waals surface area contributed by atoms with Crippen molar-refractivity contribution >= 4 is 38.5 Å². The van der Waals surface area contributed by atoms with Gasteiger partial charge in [-0.3, -0.25) is 0 Å². The molecule has 1 atom stereocenters. The van der Waals surface area contributed by atoms with E-state index in [0.29, 0.717) is 6.04 Å². The molecule has 1 aliphatic carbocycles.